The Morgan fingerprint density at radius 2 is 2.30 bits per heavy atom. The average molecular weight is 329 g/mol. The van der Waals surface area contributed by atoms with Crippen molar-refractivity contribution >= 4 is 29.0 Å². The number of ether oxygens (including phenoxy) is 1. The van der Waals surface area contributed by atoms with Crippen LogP contribution >= 0.6 is 11.3 Å². The maximum Gasteiger partial charge on any atom is 0.244 e. The van der Waals surface area contributed by atoms with Gasteiger partial charge in [-0.3, -0.25) is 4.79 Å². The molecule has 0 fully saturated rings. The number of nitrogens with one attached hydrogen (secondary N) is 1. The van der Waals surface area contributed by atoms with E-state index in [2.05, 4.69) is 20.6 Å². The number of fused-ring (bicyclic) bond motifs is 1. The topological polar surface area (TPSA) is 81.4 Å². The van der Waals surface area contributed by atoms with Crippen LogP contribution in [0.5, 0.6) is 5.88 Å². The summed E-state index contributed by atoms with van der Waals surface area (Å²) < 4.78 is 6.92. The van der Waals surface area contributed by atoms with Crippen LogP contribution in [0.15, 0.2) is 35.7 Å². The van der Waals surface area contributed by atoms with Gasteiger partial charge in [-0.1, -0.05) is 6.07 Å². The van der Waals surface area contributed by atoms with E-state index in [1.807, 2.05) is 24.4 Å². The summed E-state index contributed by atoms with van der Waals surface area (Å²) in [5.41, 5.74) is 0.604. The molecule has 3 aromatic rings. The zero-order valence-electron chi connectivity index (χ0n) is 12.5. The van der Waals surface area contributed by atoms with Crippen LogP contribution in [0.4, 0.5) is 0 Å². The summed E-state index contributed by atoms with van der Waals surface area (Å²) in [6.07, 6.45) is 3.27. The van der Waals surface area contributed by atoms with E-state index in [-0.39, 0.29) is 12.5 Å². The molecule has 0 atom stereocenters. The first-order valence-electron chi connectivity index (χ1n) is 7.10. The largest absolute Gasteiger partial charge is 0.477 e. The highest BCUT2D eigenvalue weighted by atomic mass is 32.1. The van der Waals surface area contributed by atoms with Gasteiger partial charge in [-0.15, -0.1) is 26.6 Å². The molecular formula is C15H15N5O2S. The van der Waals surface area contributed by atoms with Crippen LogP contribution in [0.25, 0.3) is 11.7 Å². The predicted octanol–water partition coefficient (Wildman–Crippen LogP) is 1.91. The fourth-order valence-electron chi connectivity index (χ4n) is 1.92. The highest BCUT2D eigenvalue weighted by Crippen LogP contribution is 2.10. The van der Waals surface area contributed by atoms with Gasteiger partial charge in [-0.25, -0.2) is 0 Å². The second-order valence-corrected chi connectivity index (χ2v) is 5.54. The van der Waals surface area contributed by atoms with Gasteiger partial charge in [0.1, 0.15) is 0 Å². The van der Waals surface area contributed by atoms with Crippen LogP contribution in [0.2, 0.25) is 0 Å². The molecule has 0 aromatic carbocycles. The Morgan fingerprint density at radius 3 is 3.09 bits per heavy atom. The summed E-state index contributed by atoms with van der Waals surface area (Å²) in [4.78, 5) is 12.9. The second-order valence-electron chi connectivity index (χ2n) is 4.56. The highest BCUT2D eigenvalue weighted by Gasteiger charge is 2.08. The van der Waals surface area contributed by atoms with E-state index in [0.29, 0.717) is 24.0 Å². The van der Waals surface area contributed by atoms with Gasteiger partial charge in [0, 0.05) is 17.0 Å². The normalized spacial score (nSPS) is 11.2. The zero-order valence-corrected chi connectivity index (χ0v) is 13.3. The molecule has 1 N–H and O–H groups in total. The molecule has 0 bridgehead atoms. The number of carbonyl (C=O) groups is 1. The summed E-state index contributed by atoms with van der Waals surface area (Å²) in [5.74, 6) is 0.834. The molecule has 7 nitrogen and oxygen atoms in total. The number of rotatable bonds is 6. The Hall–Kier alpha value is -2.74. The van der Waals surface area contributed by atoms with E-state index in [1.54, 1.807) is 34.1 Å². The average Bonchev–Trinajstić information content (AvgIpc) is 3.21. The van der Waals surface area contributed by atoms with E-state index >= 15 is 0 Å². The van der Waals surface area contributed by atoms with Crippen LogP contribution in [0, 0.1) is 0 Å². The fourth-order valence-corrected chi connectivity index (χ4v) is 2.54. The first-order chi connectivity index (χ1) is 11.3. The smallest absolute Gasteiger partial charge is 0.244 e. The van der Waals surface area contributed by atoms with Gasteiger partial charge < -0.3 is 10.1 Å². The Labute approximate surface area is 136 Å². The molecule has 0 aliphatic heterocycles. The molecule has 0 aliphatic rings. The molecule has 0 aliphatic carbocycles. The van der Waals surface area contributed by atoms with Crippen molar-refractivity contribution in [3.8, 4) is 5.88 Å². The van der Waals surface area contributed by atoms with E-state index in [0.717, 1.165) is 4.88 Å². The quantitative estimate of drug-likeness (QED) is 0.699. The van der Waals surface area contributed by atoms with Gasteiger partial charge in [-0.2, -0.15) is 4.52 Å². The van der Waals surface area contributed by atoms with Crippen molar-refractivity contribution in [1.29, 1.82) is 0 Å². The SMILES string of the molecule is CCOc1ccc2nnc(CNC(=O)C=Cc3cccs3)n2n1. The van der Waals surface area contributed by atoms with Gasteiger partial charge in [0.15, 0.2) is 11.5 Å². The monoisotopic (exact) mass is 329 g/mol. The van der Waals surface area contributed by atoms with Crippen LogP contribution in [0.1, 0.15) is 17.6 Å². The third-order valence-electron chi connectivity index (χ3n) is 2.96. The molecule has 8 heteroatoms. The third-order valence-corrected chi connectivity index (χ3v) is 3.80. The van der Waals surface area contributed by atoms with Crippen LogP contribution in [0.3, 0.4) is 0 Å². The zero-order chi connectivity index (χ0) is 16.1. The van der Waals surface area contributed by atoms with Crippen molar-refractivity contribution in [2.24, 2.45) is 0 Å². The Kier molecular flexibility index (Phi) is 4.62. The number of hydrogen-bond donors (Lipinski definition) is 1. The number of thiophene rings is 1. The minimum atomic E-state index is -0.198. The summed E-state index contributed by atoms with van der Waals surface area (Å²) in [5, 5.41) is 17.1. The van der Waals surface area contributed by atoms with Crippen LogP contribution < -0.4 is 10.1 Å². The molecule has 0 saturated carbocycles. The van der Waals surface area contributed by atoms with Gasteiger partial charge >= 0.3 is 0 Å². The highest BCUT2D eigenvalue weighted by molar-refractivity contribution is 7.10. The first-order valence-corrected chi connectivity index (χ1v) is 7.98. The lowest BCUT2D eigenvalue weighted by atomic mass is 10.4. The molecule has 0 unspecified atom stereocenters. The standard InChI is InChI=1S/C15H15N5O2S/c1-2-22-15-8-6-12-17-18-13(20(12)19-15)10-16-14(21)7-5-11-4-3-9-23-11/h3-9H,2,10H2,1H3,(H,16,21). The molecule has 23 heavy (non-hydrogen) atoms. The van der Waals surface area contributed by atoms with Crippen molar-refractivity contribution in [3.63, 3.8) is 0 Å². The Balaban J connectivity index is 1.66. The molecule has 118 valence electrons. The molecule has 0 saturated heterocycles. The van der Waals surface area contributed by atoms with Gasteiger partial charge in [0.25, 0.3) is 0 Å². The van der Waals surface area contributed by atoms with Crippen molar-refractivity contribution in [1.82, 2.24) is 25.1 Å². The Bertz CT molecular complexity index is 826. The lowest BCUT2D eigenvalue weighted by molar-refractivity contribution is -0.116. The van der Waals surface area contributed by atoms with Gasteiger partial charge in [0.2, 0.25) is 11.8 Å². The van der Waals surface area contributed by atoms with Crippen molar-refractivity contribution in [2.75, 3.05) is 6.61 Å². The molecule has 3 rings (SSSR count). The summed E-state index contributed by atoms with van der Waals surface area (Å²) in [6, 6.07) is 7.39. The number of amides is 1. The number of aromatic nitrogens is 4. The molecule has 0 radical (unpaired) electrons. The number of nitrogens with zero attached hydrogens (tertiary/aromatic N) is 4. The predicted molar refractivity (Wildman–Crippen MR) is 87.2 cm³/mol. The first kappa shape index (κ1) is 15.2. The van der Waals surface area contributed by atoms with Crippen molar-refractivity contribution in [2.45, 2.75) is 13.5 Å². The van der Waals surface area contributed by atoms with E-state index < -0.39 is 0 Å². The van der Waals surface area contributed by atoms with Gasteiger partial charge in [-0.05, 0) is 30.5 Å². The molecular weight excluding hydrogens is 314 g/mol. The summed E-state index contributed by atoms with van der Waals surface area (Å²) in [6.45, 7) is 2.65. The molecule has 1 amide bonds. The minimum Gasteiger partial charge on any atom is -0.477 e. The minimum absolute atomic E-state index is 0.198. The third kappa shape index (κ3) is 3.72. The number of carbonyl (C=O) groups excluding carboxylic acids is 1. The van der Waals surface area contributed by atoms with Crippen LogP contribution in [-0.2, 0) is 11.3 Å². The fraction of sp³-hybridized carbons (Fsp3) is 0.200. The summed E-state index contributed by atoms with van der Waals surface area (Å²) in [7, 11) is 0. The maximum absolute atomic E-state index is 11.8. The van der Waals surface area contributed by atoms with Crippen molar-refractivity contribution in [3.05, 3.63) is 46.4 Å². The molecule has 3 heterocycles. The second kappa shape index (κ2) is 7.01. The van der Waals surface area contributed by atoms with E-state index in [9.17, 15) is 4.79 Å². The number of hydrogen-bond acceptors (Lipinski definition) is 6. The lowest BCUT2D eigenvalue weighted by Crippen LogP contribution is -2.22. The molecule has 3 aromatic heterocycles. The summed E-state index contributed by atoms with van der Waals surface area (Å²) >= 11 is 1.57. The van der Waals surface area contributed by atoms with Crippen LogP contribution in [-0.4, -0.2) is 32.3 Å². The molecule has 0 spiro atoms. The van der Waals surface area contributed by atoms with Gasteiger partial charge in [0.05, 0.1) is 13.2 Å². The maximum atomic E-state index is 11.8. The van der Waals surface area contributed by atoms with E-state index in [1.165, 1.54) is 6.08 Å². The lowest BCUT2D eigenvalue weighted by Gasteiger charge is -2.03. The van der Waals surface area contributed by atoms with Crippen molar-refractivity contribution < 1.29 is 9.53 Å². The van der Waals surface area contributed by atoms with E-state index in [4.69, 9.17) is 4.74 Å². The Morgan fingerprint density at radius 1 is 1.39 bits per heavy atom.